The van der Waals surface area contributed by atoms with Gasteiger partial charge in [0, 0.05) is 12.1 Å². The van der Waals surface area contributed by atoms with E-state index < -0.39 is 30.3 Å². The zero-order valence-corrected chi connectivity index (χ0v) is 14.7. The molecule has 2 aromatic carbocycles. The molecule has 2 rings (SSSR count). The van der Waals surface area contributed by atoms with Gasteiger partial charge in [0.15, 0.2) is 6.61 Å². The summed E-state index contributed by atoms with van der Waals surface area (Å²) >= 11 is 0. The van der Waals surface area contributed by atoms with Crippen molar-refractivity contribution in [3.05, 3.63) is 59.9 Å². The minimum absolute atomic E-state index is 0.0771. The molecule has 8 heteroatoms. The van der Waals surface area contributed by atoms with Crippen molar-refractivity contribution in [3.8, 4) is 5.75 Å². The number of carbonyl (C=O) groups is 3. The number of rotatable bonds is 7. The van der Waals surface area contributed by atoms with E-state index in [4.69, 9.17) is 9.47 Å². The van der Waals surface area contributed by atoms with Crippen molar-refractivity contribution >= 4 is 23.6 Å². The molecule has 0 fully saturated rings. The lowest BCUT2D eigenvalue weighted by atomic mass is 10.1. The second kappa shape index (κ2) is 9.91. The molecule has 0 saturated carbocycles. The molecule has 0 radical (unpaired) electrons. The summed E-state index contributed by atoms with van der Waals surface area (Å²) in [5.41, 5.74) is 0.848. The van der Waals surface area contributed by atoms with Crippen LogP contribution in [0.5, 0.6) is 5.75 Å². The van der Waals surface area contributed by atoms with Gasteiger partial charge in [0.2, 0.25) is 0 Å². The van der Waals surface area contributed by atoms with E-state index in [2.05, 4.69) is 5.32 Å². The highest BCUT2D eigenvalue weighted by atomic mass is 19.1. The van der Waals surface area contributed by atoms with Gasteiger partial charge >= 0.3 is 12.0 Å². The van der Waals surface area contributed by atoms with Gasteiger partial charge in [0.25, 0.3) is 5.91 Å². The number of anilines is 1. The largest absolute Gasteiger partial charge is 0.497 e. The highest BCUT2D eigenvalue weighted by molar-refractivity contribution is 6.01. The minimum Gasteiger partial charge on any atom is -0.497 e. The Morgan fingerprint density at radius 3 is 2.41 bits per heavy atom. The molecule has 0 heterocycles. The maximum absolute atomic E-state index is 13.5. The number of esters is 1. The van der Waals surface area contributed by atoms with Gasteiger partial charge in [0.1, 0.15) is 11.6 Å². The molecule has 0 aliphatic rings. The summed E-state index contributed by atoms with van der Waals surface area (Å²) in [5.74, 6) is -1.22. The molecule has 0 aliphatic heterocycles. The SMILES string of the molecule is COc1ccc(NC(=O)NC(=O)COC(=O)CCc2ccccc2F)cc1. The van der Waals surface area contributed by atoms with Crippen LogP contribution < -0.4 is 15.4 Å². The van der Waals surface area contributed by atoms with E-state index in [0.29, 0.717) is 17.0 Å². The van der Waals surface area contributed by atoms with Crippen LogP contribution in [-0.4, -0.2) is 31.6 Å². The van der Waals surface area contributed by atoms with Gasteiger partial charge in [0.05, 0.1) is 7.11 Å². The zero-order valence-electron chi connectivity index (χ0n) is 14.7. The number of benzene rings is 2. The predicted octanol–water partition coefficient (Wildman–Crippen LogP) is 2.66. The molecule has 0 aromatic heterocycles. The van der Waals surface area contributed by atoms with Gasteiger partial charge in [-0.15, -0.1) is 0 Å². The van der Waals surface area contributed by atoms with E-state index in [1.54, 1.807) is 42.5 Å². The number of carbonyl (C=O) groups excluding carboxylic acids is 3. The number of amides is 3. The molecule has 142 valence electrons. The zero-order chi connectivity index (χ0) is 19.6. The van der Waals surface area contributed by atoms with Gasteiger partial charge in [-0.05, 0) is 42.3 Å². The first-order valence-corrected chi connectivity index (χ1v) is 8.12. The van der Waals surface area contributed by atoms with Crippen LogP contribution in [0.3, 0.4) is 0 Å². The molecule has 0 unspecified atom stereocenters. The Morgan fingerprint density at radius 2 is 1.74 bits per heavy atom. The van der Waals surface area contributed by atoms with Crippen molar-refractivity contribution in [3.63, 3.8) is 0 Å². The Balaban J connectivity index is 1.69. The Bertz CT molecular complexity index is 808. The number of aryl methyl sites for hydroxylation is 1. The van der Waals surface area contributed by atoms with Crippen LogP contribution in [0.25, 0.3) is 0 Å². The van der Waals surface area contributed by atoms with E-state index in [9.17, 15) is 18.8 Å². The fourth-order valence-electron chi connectivity index (χ4n) is 2.16. The summed E-state index contributed by atoms with van der Waals surface area (Å²) in [7, 11) is 1.52. The van der Waals surface area contributed by atoms with E-state index in [0.717, 1.165) is 0 Å². The van der Waals surface area contributed by atoms with Crippen molar-refractivity contribution in [2.24, 2.45) is 0 Å². The lowest BCUT2D eigenvalue weighted by Crippen LogP contribution is -2.37. The van der Waals surface area contributed by atoms with Crippen LogP contribution >= 0.6 is 0 Å². The molecule has 0 atom stereocenters. The van der Waals surface area contributed by atoms with E-state index >= 15 is 0 Å². The monoisotopic (exact) mass is 374 g/mol. The third-order valence-corrected chi connectivity index (χ3v) is 3.52. The summed E-state index contributed by atoms with van der Waals surface area (Å²) in [5, 5.41) is 4.49. The third kappa shape index (κ3) is 6.77. The number of halogens is 1. The Hall–Kier alpha value is -3.42. The molecule has 0 saturated heterocycles. The van der Waals surface area contributed by atoms with Crippen LogP contribution in [0.2, 0.25) is 0 Å². The molecule has 0 spiro atoms. The molecular weight excluding hydrogens is 355 g/mol. The molecule has 7 nitrogen and oxygen atoms in total. The second-order valence-electron chi connectivity index (χ2n) is 5.48. The number of ether oxygens (including phenoxy) is 2. The van der Waals surface area contributed by atoms with Crippen LogP contribution in [0.1, 0.15) is 12.0 Å². The van der Waals surface area contributed by atoms with Gasteiger partial charge in [-0.25, -0.2) is 9.18 Å². The van der Waals surface area contributed by atoms with Gasteiger partial charge in [-0.2, -0.15) is 0 Å². The maximum Gasteiger partial charge on any atom is 0.325 e. The summed E-state index contributed by atoms with van der Waals surface area (Å²) in [6.45, 7) is -0.605. The minimum atomic E-state index is -0.778. The number of hydrogen-bond acceptors (Lipinski definition) is 5. The average molecular weight is 374 g/mol. The first-order chi connectivity index (χ1) is 13.0. The van der Waals surface area contributed by atoms with Crippen molar-refractivity contribution in [2.75, 3.05) is 19.0 Å². The fourth-order valence-corrected chi connectivity index (χ4v) is 2.16. The number of nitrogens with one attached hydrogen (secondary N) is 2. The van der Waals surface area contributed by atoms with Gasteiger partial charge in [-0.1, -0.05) is 18.2 Å². The molecule has 2 aromatic rings. The van der Waals surface area contributed by atoms with Crippen LogP contribution in [0.4, 0.5) is 14.9 Å². The summed E-state index contributed by atoms with van der Waals surface area (Å²) in [6.07, 6.45) is 0.0807. The van der Waals surface area contributed by atoms with Crippen LogP contribution in [0.15, 0.2) is 48.5 Å². The molecule has 3 amide bonds. The molecule has 0 aliphatic carbocycles. The average Bonchev–Trinajstić information content (AvgIpc) is 2.66. The number of urea groups is 1. The van der Waals surface area contributed by atoms with Crippen molar-refractivity contribution in [1.29, 1.82) is 0 Å². The molecule has 27 heavy (non-hydrogen) atoms. The number of methoxy groups -OCH3 is 1. The van der Waals surface area contributed by atoms with Crippen molar-refractivity contribution < 1.29 is 28.2 Å². The molecule has 0 bridgehead atoms. The normalized spacial score (nSPS) is 10.0. The Labute approximate surface area is 155 Å². The molecule has 2 N–H and O–H groups in total. The van der Waals surface area contributed by atoms with Crippen LogP contribution in [0, 0.1) is 5.82 Å². The maximum atomic E-state index is 13.5. The van der Waals surface area contributed by atoms with Gasteiger partial charge in [-0.3, -0.25) is 14.9 Å². The quantitative estimate of drug-likeness (QED) is 0.727. The van der Waals surface area contributed by atoms with E-state index in [1.165, 1.54) is 13.2 Å². The number of imide groups is 1. The van der Waals surface area contributed by atoms with Gasteiger partial charge < -0.3 is 14.8 Å². The predicted molar refractivity (Wildman–Crippen MR) is 95.8 cm³/mol. The highest BCUT2D eigenvalue weighted by Crippen LogP contribution is 2.14. The van der Waals surface area contributed by atoms with E-state index in [-0.39, 0.29) is 12.8 Å². The van der Waals surface area contributed by atoms with Crippen molar-refractivity contribution in [1.82, 2.24) is 5.32 Å². The fraction of sp³-hybridized carbons (Fsp3) is 0.211. The summed E-state index contributed by atoms with van der Waals surface area (Å²) < 4.78 is 23.2. The lowest BCUT2D eigenvalue weighted by Gasteiger charge is -2.08. The molecular formula is C19H19FN2O5. The smallest absolute Gasteiger partial charge is 0.325 e. The highest BCUT2D eigenvalue weighted by Gasteiger charge is 2.12. The Morgan fingerprint density at radius 1 is 1.04 bits per heavy atom. The second-order valence-corrected chi connectivity index (χ2v) is 5.48. The van der Waals surface area contributed by atoms with Crippen molar-refractivity contribution in [2.45, 2.75) is 12.8 Å². The van der Waals surface area contributed by atoms with E-state index in [1.807, 2.05) is 5.32 Å². The third-order valence-electron chi connectivity index (χ3n) is 3.52. The summed E-state index contributed by atoms with van der Waals surface area (Å²) in [4.78, 5) is 35.0. The van der Waals surface area contributed by atoms with Crippen LogP contribution in [-0.2, 0) is 20.7 Å². The standard InChI is InChI=1S/C19H19FN2O5/c1-26-15-9-7-14(8-10-15)21-19(25)22-17(23)12-27-18(24)11-6-13-4-2-3-5-16(13)20/h2-5,7-10H,6,11-12H2,1H3,(H2,21,22,23,25). The first-order valence-electron chi connectivity index (χ1n) is 8.12. The Kier molecular flexibility index (Phi) is 7.30. The lowest BCUT2D eigenvalue weighted by molar-refractivity contribution is -0.148. The topological polar surface area (TPSA) is 93.7 Å². The first kappa shape index (κ1) is 19.9. The summed E-state index contributed by atoms with van der Waals surface area (Å²) in [6, 6.07) is 11.8. The number of hydrogen-bond donors (Lipinski definition) is 2.